The quantitative estimate of drug-likeness (QED) is 0.858. The van der Waals surface area contributed by atoms with E-state index < -0.39 is 5.60 Å². The fraction of sp³-hybridized carbons (Fsp3) is 0.600. The van der Waals surface area contributed by atoms with E-state index in [2.05, 4.69) is 48.3 Å². The molecule has 1 fully saturated rings. The van der Waals surface area contributed by atoms with E-state index in [9.17, 15) is 5.11 Å². The third kappa shape index (κ3) is 2.85. The Morgan fingerprint density at radius 1 is 1.44 bits per heavy atom. The van der Waals surface area contributed by atoms with Crippen molar-refractivity contribution < 1.29 is 5.11 Å². The molecule has 2 N–H and O–H groups in total. The zero-order chi connectivity index (χ0) is 13.2. The molecule has 2 rings (SSSR count). The molecule has 3 nitrogen and oxygen atoms in total. The first-order chi connectivity index (χ1) is 8.53. The molecule has 0 radical (unpaired) electrons. The van der Waals surface area contributed by atoms with Crippen molar-refractivity contribution in [2.75, 3.05) is 24.5 Å². The van der Waals surface area contributed by atoms with E-state index in [0.29, 0.717) is 6.04 Å². The monoisotopic (exact) mass is 248 g/mol. The van der Waals surface area contributed by atoms with Crippen LogP contribution in [0.2, 0.25) is 0 Å². The van der Waals surface area contributed by atoms with Crippen LogP contribution in [0.1, 0.15) is 38.8 Å². The molecule has 0 aliphatic carbocycles. The van der Waals surface area contributed by atoms with Crippen LogP contribution in [-0.4, -0.2) is 30.3 Å². The molecule has 2 atom stereocenters. The largest absolute Gasteiger partial charge is 0.388 e. The first-order valence-corrected chi connectivity index (χ1v) is 6.83. The molecule has 0 amide bonds. The molecule has 0 aromatic heterocycles. The topological polar surface area (TPSA) is 35.5 Å². The van der Waals surface area contributed by atoms with Gasteiger partial charge in [-0.15, -0.1) is 0 Å². The van der Waals surface area contributed by atoms with Crippen LogP contribution in [0.4, 0.5) is 5.69 Å². The molecule has 1 aliphatic heterocycles. The summed E-state index contributed by atoms with van der Waals surface area (Å²) < 4.78 is 0. The maximum atomic E-state index is 10.1. The number of aliphatic hydroxyl groups is 1. The Labute approximate surface area is 110 Å². The van der Waals surface area contributed by atoms with Gasteiger partial charge >= 0.3 is 0 Å². The van der Waals surface area contributed by atoms with E-state index in [1.165, 1.54) is 11.3 Å². The van der Waals surface area contributed by atoms with Crippen LogP contribution in [0.15, 0.2) is 24.3 Å². The van der Waals surface area contributed by atoms with Gasteiger partial charge in [-0.1, -0.05) is 25.1 Å². The average Bonchev–Trinajstić information content (AvgIpc) is 2.70. The molecule has 1 heterocycles. The summed E-state index contributed by atoms with van der Waals surface area (Å²) in [6.07, 6.45) is 0.844. The molecule has 2 unspecified atom stereocenters. The standard InChI is InChI=1S/C15H24N2O/c1-4-16-12(2)13-7-5-6-8-14(13)17-10-9-15(3,18)11-17/h5-8,12,16,18H,4,9-11H2,1-3H3. The van der Waals surface area contributed by atoms with Crippen molar-refractivity contribution in [1.82, 2.24) is 5.32 Å². The molecule has 0 spiro atoms. The molecular weight excluding hydrogens is 224 g/mol. The summed E-state index contributed by atoms with van der Waals surface area (Å²) in [5.41, 5.74) is 2.02. The number of nitrogens with zero attached hydrogens (tertiary/aromatic N) is 1. The third-order valence-corrected chi connectivity index (χ3v) is 3.71. The van der Waals surface area contributed by atoms with Gasteiger partial charge in [0.1, 0.15) is 0 Å². The Hall–Kier alpha value is -1.06. The Morgan fingerprint density at radius 3 is 2.78 bits per heavy atom. The second-order valence-electron chi connectivity index (χ2n) is 5.51. The van der Waals surface area contributed by atoms with Crippen molar-refractivity contribution >= 4 is 5.69 Å². The maximum Gasteiger partial charge on any atom is 0.0810 e. The minimum atomic E-state index is -0.547. The van der Waals surface area contributed by atoms with E-state index in [4.69, 9.17) is 0 Å². The van der Waals surface area contributed by atoms with Crippen LogP contribution in [0.5, 0.6) is 0 Å². The smallest absolute Gasteiger partial charge is 0.0810 e. The normalized spacial score (nSPS) is 25.4. The van der Waals surface area contributed by atoms with Crippen molar-refractivity contribution in [3.8, 4) is 0 Å². The van der Waals surface area contributed by atoms with E-state index in [1.807, 2.05) is 6.92 Å². The lowest BCUT2D eigenvalue weighted by molar-refractivity contribution is 0.0839. The third-order valence-electron chi connectivity index (χ3n) is 3.71. The molecule has 3 heteroatoms. The first kappa shape index (κ1) is 13.4. The number of para-hydroxylation sites is 1. The predicted molar refractivity (Wildman–Crippen MR) is 76.0 cm³/mol. The highest BCUT2D eigenvalue weighted by molar-refractivity contribution is 5.56. The fourth-order valence-corrected chi connectivity index (χ4v) is 2.71. The number of hydrogen-bond acceptors (Lipinski definition) is 3. The molecule has 1 aromatic rings. The van der Waals surface area contributed by atoms with Gasteiger partial charge in [0.05, 0.1) is 5.60 Å². The van der Waals surface area contributed by atoms with Gasteiger partial charge in [0.2, 0.25) is 0 Å². The Balaban J connectivity index is 2.23. The van der Waals surface area contributed by atoms with E-state index in [0.717, 1.165) is 26.1 Å². The molecule has 100 valence electrons. The molecule has 1 aliphatic rings. The van der Waals surface area contributed by atoms with Crippen molar-refractivity contribution in [2.24, 2.45) is 0 Å². The lowest BCUT2D eigenvalue weighted by Gasteiger charge is -2.26. The molecule has 1 aromatic carbocycles. The van der Waals surface area contributed by atoms with Gasteiger partial charge < -0.3 is 15.3 Å². The van der Waals surface area contributed by atoms with Gasteiger partial charge in [0.25, 0.3) is 0 Å². The first-order valence-electron chi connectivity index (χ1n) is 6.83. The zero-order valence-corrected chi connectivity index (χ0v) is 11.6. The number of hydrogen-bond donors (Lipinski definition) is 2. The van der Waals surface area contributed by atoms with Crippen molar-refractivity contribution in [2.45, 2.75) is 38.8 Å². The van der Waals surface area contributed by atoms with Gasteiger partial charge in [0.15, 0.2) is 0 Å². The van der Waals surface area contributed by atoms with Crippen LogP contribution in [0.3, 0.4) is 0 Å². The Morgan fingerprint density at radius 2 is 2.17 bits per heavy atom. The SMILES string of the molecule is CCNC(C)c1ccccc1N1CCC(C)(O)C1. The minimum Gasteiger partial charge on any atom is -0.388 e. The molecule has 1 saturated heterocycles. The lowest BCUT2D eigenvalue weighted by Crippen LogP contribution is -2.30. The molecular formula is C15H24N2O. The van der Waals surface area contributed by atoms with Crippen molar-refractivity contribution in [3.05, 3.63) is 29.8 Å². The number of rotatable bonds is 4. The lowest BCUT2D eigenvalue weighted by atomic mass is 10.0. The number of nitrogens with one attached hydrogen (secondary N) is 1. The summed E-state index contributed by atoms with van der Waals surface area (Å²) in [4.78, 5) is 2.29. The summed E-state index contributed by atoms with van der Waals surface area (Å²) in [6, 6.07) is 8.84. The van der Waals surface area contributed by atoms with Crippen LogP contribution in [0, 0.1) is 0 Å². The fourth-order valence-electron chi connectivity index (χ4n) is 2.71. The van der Waals surface area contributed by atoms with Gasteiger partial charge in [-0.2, -0.15) is 0 Å². The second kappa shape index (κ2) is 5.29. The van der Waals surface area contributed by atoms with Gasteiger partial charge in [-0.3, -0.25) is 0 Å². The summed E-state index contributed by atoms with van der Waals surface area (Å²) in [7, 11) is 0. The number of β-amino-alcohol motifs (C(OH)–C–C–N with tert-alkyl or cyclic N) is 1. The number of benzene rings is 1. The highest BCUT2D eigenvalue weighted by atomic mass is 16.3. The zero-order valence-electron chi connectivity index (χ0n) is 11.6. The van der Waals surface area contributed by atoms with Crippen LogP contribution in [-0.2, 0) is 0 Å². The van der Waals surface area contributed by atoms with E-state index in [1.54, 1.807) is 0 Å². The van der Waals surface area contributed by atoms with Gasteiger partial charge in [-0.05, 0) is 38.4 Å². The second-order valence-corrected chi connectivity index (χ2v) is 5.51. The average molecular weight is 248 g/mol. The summed E-state index contributed by atoms with van der Waals surface area (Å²) in [6.45, 7) is 8.86. The van der Waals surface area contributed by atoms with Crippen LogP contribution >= 0.6 is 0 Å². The summed E-state index contributed by atoms with van der Waals surface area (Å²) >= 11 is 0. The van der Waals surface area contributed by atoms with E-state index >= 15 is 0 Å². The van der Waals surface area contributed by atoms with E-state index in [-0.39, 0.29) is 0 Å². The van der Waals surface area contributed by atoms with Gasteiger partial charge in [0, 0.05) is 24.8 Å². The molecule has 0 saturated carbocycles. The molecule has 18 heavy (non-hydrogen) atoms. The van der Waals surface area contributed by atoms with Crippen molar-refractivity contribution in [1.29, 1.82) is 0 Å². The summed E-state index contributed by atoms with van der Waals surface area (Å²) in [5.74, 6) is 0. The summed E-state index contributed by atoms with van der Waals surface area (Å²) in [5, 5.41) is 13.6. The number of anilines is 1. The van der Waals surface area contributed by atoms with Gasteiger partial charge in [-0.25, -0.2) is 0 Å². The maximum absolute atomic E-state index is 10.1. The Bertz CT molecular complexity index is 403. The highest BCUT2D eigenvalue weighted by Gasteiger charge is 2.32. The predicted octanol–water partition coefficient (Wildman–Crippen LogP) is 2.32. The van der Waals surface area contributed by atoms with Crippen molar-refractivity contribution in [3.63, 3.8) is 0 Å². The Kier molecular flexibility index (Phi) is 3.93. The van der Waals surface area contributed by atoms with Crippen LogP contribution < -0.4 is 10.2 Å². The highest BCUT2D eigenvalue weighted by Crippen LogP contribution is 2.31. The minimum absolute atomic E-state index is 0.344. The molecule has 0 bridgehead atoms. The van der Waals surface area contributed by atoms with Crippen LogP contribution in [0.25, 0.3) is 0 Å².